The lowest BCUT2D eigenvalue weighted by Gasteiger charge is -2.13. The van der Waals surface area contributed by atoms with Crippen molar-refractivity contribution in [2.45, 2.75) is 66.7 Å². The molecular formula is C15H32O. The van der Waals surface area contributed by atoms with Gasteiger partial charge in [0.05, 0.1) is 6.61 Å². The summed E-state index contributed by atoms with van der Waals surface area (Å²) < 4.78 is 5.60. The zero-order chi connectivity index (χ0) is 12.8. The molecule has 1 atom stereocenters. The molecule has 0 aromatic heterocycles. The standard InChI is InChI=1S/C13H26O.C2H6/c1-5-7-8-9-10-14-11-13(4)12(3)6-2;1-2/h13H,3,5-11H2,1-2,4H3;1-2H3/t13-;/m1./s1. The number of rotatable bonds is 9. The maximum absolute atomic E-state index is 5.60. The van der Waals surface area contributed by atoms with Crippen LogP contribution in [0.15, 0.2) is 12.2 Å². The minimum absolute atomic E-state index is 0.520. The first-order chi connectivity index (χ1) is 7.72. The van der Waals surface area contributed by atoms with Crippen molar-refractivity contribution < 1.29 is 4.74 Å². The first-order valence-electron chi connectivity index (χ1n) is 6.97. The lowest BCUT2D eigenvalue weighted by Crippen LogP contribution is -2.08. The van der Waals surface area contributed by atoms with E-state index in [1.54, 1.807) is 0 Å². The molecule has 0 heterocycles. The molecule has 16 heavy (non-hydrogen) atoms. The highest BCUT2D eigenvalue weighted by Gasteiger charge is 2.04. The third kappa shape index (κ3) is 11.8. The summed E-state index contributed by atoms with van der Waals surface area (Å²) in [7, 11) is 0. The van der Waals surface area contributed by atoms with Gasteiger partial charge in [0.15, 0.2) is 0 Å². The Bertz CT molecular complexity index is 140. The van der Waals surface area contributed by atoms with Crippen LogP contribution in [0, 0.1) is 5.92 Å². The highest BCUT2D eigenvalue weighted by molar-refractivity contribution is 4.97. The Balaban J connectivity index is 0. The Hall–Kier alpha value is -0.300. The Kier molecular flexibility index (Phi) is 16.6. The van der Waals surface area contributed by atoms with Gasteiger partial charge in [0.2, 0.25) is 0 Å². The van der Waals surface area contributed by atoms with E-state index >= 15 is 0 Å². The molecule has 0 spiro atoms. The van der Waals surface area contributed by atoms with E-state index < -0.39 is 0 Å². The SMILES string of the molecule is C=C(CC)[C@H](C)COCCCCCC.CC. The maximum atomic E-state index is 5.60. The summed E-state index contributed by atoms with van der Waals surface area (Å²) in [6.07, 6.45) is 6.21. The molecule has 0 N–H and O–H groups in total. The summed E-state index contributed by atoms with van der Waals surface area (Å²) in [6, 6.07) is 0. The van der Waals surface area contributed by atoms with E-state index in [0.29, 0.717) is 5.92 Å². The molecule has 98 valence electrons. The van der Waals surface area contributed by atoms with Crippen LogP contribution >= 0.6 is 0 Å². The fraction of sp³-hybridized carbons (Fsp3) is 0.867. The van der Waals surface area contributed by atoms with Crippen LogP contribution < -0.4 is 0 Å². The number of unbranched alkanes of at least 4 members (excludes halogenated alkanes) is 3. The van der Waals surface area contributed by atoms with Gasteiger partial charge in [-0.2, -0.15) is 0 Å². The van der Waals surface area contributed by atoms with Crippen LogP contribution in [0.5, 0.6) is 0 Å². The molecule has 0 unspecified atom stereocenters. The minimum atomic E-state index is 0.520. The Labute approximate surface area is 103 Å². The predicted octanol–water partition coefficient (Wildman–Crippen LogP) is 5.21. The average Bonchev–Trinajstić information content (AvgIpc) is 2.34. The molecule has 0 aliphatic heterocycles. The van der Waals surface area contributed by atoms with Crippen LogP contribution in [0.25, 0.3) is 0 Å². The van der Waals surface area contributed by atoms with Gasteiger partial charge in [-0.25, -0.2) is 0 Å². The largest absolute Gasteiger partial charge is 0.381 e. The van der Waals surface area contributed by atoms with E-state index in [-0.39, 0.29) is 0 Å². The molecule has 1 heteroatoms. The molecule has 0 aromatic carbocycles. The second-order valence-electron chi connectivity index (χ2n) is 4.05. The van der Waals surface area contributed by atoms with Gasteiger partial charge in [-0.3, -0.25) is 0 Å². The van der Waals surface area contributed by atoms with Crippen molar-refractivity contribution in [1.82, 2.24) is 0 Å². The fourth-order valence-electron chi connectivity index (χ4n) is 1.36. The molecule has 0 aliphatic carbocycles. The summed E-state index contributed by atoms with van der Waals surface area (Å²) in [4.78, 5) is 0. The molecule has 0 fully saturated rings. The first kappa shape index (κ1) is 18.1. The summed E-state index contributed by atoms with van der Waals surface area (Å²) in [5.74, 6) is 0.520. The second kappa shape index (κ2) is 14.7. The molecule has 0 rings (SSSR count). The third-order valence-corrected chi connectivity index (χ3v) is 2.66. The lowest BCUT2D eigenvalue weighted by atomic mass is 10.0. The van der Waals surface area contributed by atoms with Gasteiger partial charge in [0.25, 0.3) is 0 Å². The zero-order valence-electron chi connectivity index (χ0n) is 12.1. The van der Waals surface area contributed by atoms with E-state index in [1.165, 1.54) is 31.3 Å². The molecule has 0 bridgehead atoms. The van der Waals surface area contributed by atoms with Gasteiger partial charge in [-0.05, 0) is 12.8 Å². The van der Waals surface area contributed by atoms with Crippen molar-refractivity contribution in [3.05, 3.63) is 12.2 Å². The monoisotopic (exact) mass is 228 g/mol. The summed E-state index contributed by atoms with van der Waals surface area (Å²) in [5, 5.41) is 0. The number of ether oxygens (including phenoxy) is 1. The normalized spacial score (nSPS) is 11.6. The smallest absolute Gasteiger partial charge is 0.0528 e. The lowest BCUT2D eigenvalue weighted by molar-refractivity contribution is 0.110. The van der Waals surface area contributed by atoms with Crippen molar-refractivity contribution in [2.75, 3.05) is 13.2 Å². The number of hydrogen-bond donors (Lipinski definition) is 0. The van der Waals surface area contributed by atoms with Gasteiger partial charge in [-0.1, -0.05) is 66.0 Å². The predicted molar refractivity (Wildman–Crippen MR) is 74.9 cm³/mol. The molecule has 1 nitrogen and oxygen atoms in total. The molecule has 0 amide bonds. The molecule has 0 saturated heterocycles. The van der Waals surface area contributed by atoms with Crippen molar-refractivity contribution in [3.63, 3.8) is 0 Å². The van der Waals surface area contributed by atoms with Crippen molar-refractivity contribution in [2.24, 2.45) is 5.92 Å². The van der Waals surface area contributed by atoms with Crippen LogP contribution in [0.1, 0.15) is 66.7 Å². The summed E-state index contributed by atoms with van der Waals surface area (Å²) in [5.41, 5.74) is 1.30. The minimum Gasteiger partial charge on any atom is -0.381 e. The Morgan fingerprint density at radius 2 is 1.75 bits per heavy atom. The van der Waals surface area contributed by atoms with Gasteiger partial charge in [0, 0.05) is 12.5 Å². The van der Waals surface area contributed by atoms with E-state index in [4.69, 9.17) is 4.74 Å². The highest BCUT2D eigenvalue weighted by Crippen LogP contribution is 2.12. The molecule has 0 aliphatic rings. The van der Waals surface area contributed by atoms with Crippen LogP contribution in [0.3, 0.4) is 0 Å². The summed E-state index contributed by atoms with van der Waals surface area (Å²) in [6.45, 7) is 16.4. The van der Waals surface area contributed by atoms with Crippen molar-refractivity contribution >= 4 is 0 Å². The van der Waals surface area contributed by atoms with E-state index in [9.17, 15) is 0 Å². The molecule has 0 saturated carbocycles. The van der Waals surface area contributed by atoms with Gasteiger partial charge in [-0.15, -0.1) is 0 Å². The highest BCUT2D eigenvalue weighted by atomic mass is 16.5. The van der Waals surface area contributed by atoms with E-state index in [0.717, 1.165) is 19.6 Å². The van der Waals surface area contributed by atoms with Crippen molar-refractivity contribution in [3.8, 4) is 0 Å². The van der Waals surface area contributed by atoms with Crippen molar-refractivity contribution in [1.29, 1.82) is 0 Å². The van der Waals surface area contributed by atoms with Crippen LogP contribution in [0.4, 0.5) is 0 Å². The van der Waals surface area contributed by atoms with Crippen LogP contribution in [-0.2, 0) is 4.74 Å². The van der Waals surface area contributed by atoms with E-state index in [1.807, 2.05) is 13.8 Å². The molecule has 0 aromatic rings. The first-order valence-corrected chi connectivity index (χ1v) is 6.97. The van der Waals surface area contributed by atoms with Gasteiger partial charge < -0.3 is 4.74 Å². The van der Waals surface area contributed by atoms with Gasteiger partial charge in [0.1, 0.15) is 0 Å². The topological polar surface area (TPSA) is 9.23 Å². The van der Waals surface area contributed by atoms with E-state index in [2.05, 4.69) is 27.4 Å². The fourth-order valence-corrected chi connectivity index (χ4v) is 1.36. The average molecular weight is 228 g/mol. The quantitative estimate of drug-likeness (QED) is 0.389. The maximum Gasteiger partial charge on any atom is 0.0528 e. The number of hydrogen-bond acceptors (Lipinski definition) is 1. The summed E-state index contributed by atoms with van der Waals surface area (Å²) >= 11 is 0. The van der Waals surface area contributed by atoms with Crippen LogP contribution in [0.2, 0.25) is 0 Å². The van der Waals surface area contributed by atoms with Gasteiger partial charge >= 0.3 is 0 Å². The third-order valence-electron chi connectivity index (χ3n) is 2.66. The zero-order valence-corrected chi connectivity index (χ0v) is 12.1. The molecule has 0 radical (unpaired) electrons. The Morgan fingerprint density at radius 1 is 1.12 bits per heavy atom. The second-order valence-corrected chi connectivity index (χ2v) is 4.05. The Morgan fingerprint density at radius 3 is 2.25 bits per heavy atom. The van der Waals surface area contributed by atoms with Crippen LogP contribution in [-0.4, -0.2) is 13.2 Å². The molecular weight excluding hydrogens is 196 g/mol.